The largest absolute Gasteiger partial charge is 0.349 e. The third kappa shape index (κ3) is 2.29. The van der Waals surface area contributed by atoms with Crippen LogP contribution in [0.1, 0.15) is 5.56 Å². The second-order valence-electron chi connectivity index (χ2n) is 5.31. The van der Waals surface area contributed by atoms with E-state index >= 15 is 0 Å². The second-order valence-corrected chi connectivity index (χ2v) is 5.71. The summed E-state index contributed by atoms with van der Waals surface area (Å²) in [7, 11) is 0. The van der Waals surface area contributed by atoms with Gasteiger partial charge in [0.2, 0.25) is 0 Å². The zero-order valence-electron chi connectivity index (χ0n) is 11.9. The second kappa shape index (κ2) is 5.21. The molecule has 0 saturated heterocycles. The van der Waals surface area contributed by atoms with Gasteiger partial charge in [-0.3, -0.25) is 9.36 Å². The first-order valence-corrected chi connectivity index (χ1v) is 7.41. The molecule has 4 nitrogen and oxygen atoms in total. The maximum absolute atomic E-state index is 13.4. The van der Waals surface area contributed by atoms with Crippen molar-refractivity contribution >= 4 is 33.5 Å². The van der Waals surface area contributed by atoms with Crippen LogP contribution in [0.25, 0.3) is 21.9 Å². The number of H-pyrrole nitrogens is 1. The topological polar surface area (TPSA) is 50.7 Å². The molecule has 0 saturated carbocycles. The number of hydrogen-bond donors (Lipinski definition) is 1. The van der Waals surface area contributed by atoms with Gasteiger partial charge in [-0.1, -0.05) is 29.8 Å². The van der Waals surface area contributed by atoms with Crippen LogP contribution in [-0.2, 0) is 6.54 Å². The predicted molar refractivity (Wildman–Crippen MR) is 88.4 cm³/mol. The summed E-state index contributed by atoms with van der Waals surface area (Å²) in [5.41, 5.74) is 2.13. The maximum atomic E-state index is 13.4. The summed E-state index contributed by atoms with van der Waals surface area (Å²) < 4.78 is 14.9. The fourth-order valence-electron chi connectivity index (χ4n) is 2.69. The van der Waals surface area contributed by atoms with Crippen LogP contribution in [0.5, 0.6) is 0 Å². The molecule has 4 aromatic rings. The minimum Gasteiger partial charge on any atom is -0.349 e. The highest BCUT2D eigenvalue weighted by atomic mass is 35.5. The van der Waals surface area contributed by atoms with E-state index < -0.39 is 0 Å². The fraction of sp³-hybridized carbons (Fsp3) is 0.0588. The molecule has 2 aromatic carbocycles. The van der Waals surface area contributed by atoms with Crippen molar-refractivity contribution in [3.8, 4) is 0 Å². The number of nitrogens with zero attached hydrogens (tertiary/aromatic N) is 2. The lowest BCUT2D eigenvalue weighted by Gasteiger charge is -2.06. The Morgan fingerprint density at radius 3 is 2.87 bits per heavy atom. The highest BCUT2D eigenvalue weighted by Gasteiger charge is 2.12. The first-order valence-electron chi connectivity index (χ1n) is 7.03. The van der Waals surface area contributed by atoms with E-state index in [0.29, 0.717) is 33.5 Å². The molecular formula is C17H11ClFN3O. The predicted octanol–water partition coefficient (Wildman–Crippen LogP) is 3.72. The summed E-state index contributed by atoms with van der Waals surface area (Å²) in [5, 5.41) is 1.19. The Bertz CT molecular complexity index is 1100. The number of hydrogen-bond acceptors (Lipinski definition) is 2. The molecule has 0 amide bonds. The molecule has 2 heterocycles. The Morgan fingerprint density at radius 1 is 1.22 bits per heavy atom. The van der Waals surface area contributed by atoms with Crippen LogP contribution in [0, 0.1) is 5.82 Å². The quantitative estimate of drug-likeness (QED) is 0.610. The number of aromatic nitrogens is 3. The van der Waals surface area contributed by atoms with Crippen LogP contribution in [0.15, 0.2) is 53.6 Å². The summed E-state index contributed by atoms with van der Waals surface area (Å²) in [6, 6.07) is 11.7. The van der Waals surface area contributed by atoms with Gasteiger partial charge >= 0.3 is 0 Å². The lowest BCUT2D eigenvalue weighted by molar-refractivity contribution is 0.630. The van der Waals surface area contributed by atoms with Gasteiger partial charge in [0.15, 0.2) is 0 Å². The SMILES string of the molecule is O=c1c2[nH]c3ccc(F)cc3c2ncn1Cc1ccccc1Cl. The van der Waals surface area contributed by atoms with E-state index in [1.807, 2.05) is 18.2 Å². The summed E-state index contributed by atoms with van der Waals surface area (Å²) in [6.07, 6.45) is 1.46. The molecule has 0 unspecified atom stereocenters. The smallest absolute Gasteiger partial charge is 0.277 e. The fourth-order valence-corrected chi connectivity index (χ4v) is 2.88. The van der Waals surface area contributed by atoms with Crippen molar-refractivity contribution in [1.82, 2.24) is 14.5 Å². The molecule has 6 heteroatoms. The number of rotatable bonds is 2. The molecule has 0 aliphatic rings. The van der Waals surface area contributed by atoms with Gasteiger partial charge in [0.25, 0.3) is 5.56 Å². The van der Waals surface area contributed by atoms with Gasteiger partial charge in [0, 0.05) is 15.9 Å². The van der Waals surface area contributed by atoms with E-state index in [1.165, 1.54) is 23.0 Å². The summed E-state index contributed by atoms with van der Waals surface area (Å²) >= 11 is 6.14. The highest BCUT2D eigenvalue weighted by Crippen LogP contribution is 2.22. The van der Waals surface area contributed by atoms with Crippen molar-refractivity contribution < 1.29 is 4.39 Å². The van der Waals surface area contributed by atoms with E-state index in [0.717, 1.165) is 5.56 Å². The van der Waals surface area contributed by atoms with Crippen molar-refractivity contribution in [2.24, 2.45) is 0 Å². The minimum absolute atomic E-state index is 0.216. The zero-order chi connectivity index (χ0) is 16.0. The van der Waals surface area contributed by atoms with Crippen molar-refractivity contribution in [2.75, 3.05) is 0 Å². The van der Waals surface area contributed by atoms with Crippen LogP contribution in [-0.4, -0.2) is 14.5 Å². The van der Waals surface area contributed by atoms with Crippen LogP contribution >= 0.6 is 11.6 Å². The lowest BCUT2D eigenvalue weighted by atomic mass is 10.2. The van der Waals surface area contributed by atoms with Crippen LogP contribution in [0.4, 0.5) is 4.39 Å². The van der Waals surface area contributed by atoms with E-state index in [-0.39, 0.29) is 11.4 Å². The Morgan fingerprint density at radius 2 is 2.04 bits per heavy atom. The van der Waals surface area contributed by atoms with E-state index in [2.05, 4.69) is 9.97 Å². The summed E-state index contributed by atoms with van der Waals surface area (Å²) in [5.74, 6) is -0.361. The molecule has 1 N–H and O–H groups in total. The number of nitrogens with one attached hydrogen (secondary N) is 1. The maximum Gasteiger partial charge on any atom is 0.277 e. The molecule has 0 aliphatic carbocycles. The van der Waals surface area contributed by atoms with Crippen molar-refractivity contribution in [3.05, 3.63) is 75.5 Å². The molecule has 114 valence electrons. The lowest BCUT2D eigenvalue weighted by Crippen LogP contribution is -2.21. The van der Waals surface area contributed by atoms with E-state index in [9.17, 15) is 9.18 Å². The monoisotopic (exact) mass is 327 g/mol. The molecule has 0 aliphatic heterocycles. The van der Waals surface area contributed by atoms with Gasteiger partial charge < -0.3 is 4.98 Å². The standard InChI is InChI=1S/C17H11ClFN3O/c18-13-4-2-1-3-10(13)8-22-9-20-15-12-7-11(19)5-6-14(12)21-16(15)17(22)23/h1-7,9,21H,8H2. The van der Waals surface area contributed by atoms with Gasteiger partial charge in [-0.25, -0.2) is 9.37 Å². The Balaban J connectivity index is 1.90. The Kier molecular flexibility index (Phi) is 3.16. The van der Waals surface area contributed by atoms with Crippen LogP contribution in [0.2, 0.25) is 5.02 Å². The van der Waals surface area contributed by atoms with Gasteiger partial charge in [0.05, 0.1) is 12.9 Å². The molecule has 4 rings (SSSR count). The van der Waals surface area contributed by atoms with Crippen molar-refractivity contribution in [3.63, 3.8) is 0 Å². The average molecular weight is 328 g/mol. The number of aromatic amines is 1. The molecule has 0 atom stereocenters. The van der Waals surface area contributed by atoms with E-state index in [1.54, 1.807) is 12.1 Å². The first kappa shape index (κ1) is 14.0. The van der Waals surface area contributed by atoms with Gasteiger partial charge in [0.1, 0.15) is 16.9 Å². The molecule has 0 fully saturated rings. The Hall–Kier alpha value is -2.66. The molecule has 0 spiro atoms. The highest BCUT2D eigenvalue weighted by molar-refractivity contribution is 6.31. The molecule has 2 aromatic heterocycles. The van der Waals surface area contributed by atoms with Crippen LogP contribution < -0.4 is 5.56 Å². The summed E-state index contributed by atoms with van der Waals surface area (Å²) in [4.78, 5) is 20.0. The summed E-state index contributed by atoms with van der Waals surface area (Å²) in [6.45, 7) is 0.325. The van der Waals surface area contributed by atoms with E-state index in [4.69, 9.17) is 11.6 Å². The van der Waals surface area contributed by atoms with Gasteiger partial charge in [-0.2, -0.15) is 0 Å². The normalized spacial score (nSPS) is 11.4. The molecule has 0 radical (unpaired) electrons. The number of halogens is 2. The third-order valence-corrected chi connectivity index (χ3v) is 4.20. The molecular weight excluding hydrogens is 317 g/mol. The zero-order valence-corrected chi connectivity index (χ0v) is 12.6. The Labute approximate surface area is 135 Å². The minimum atomic E-state index is -0.361. The van der Waals surface area contributed by atoms with Crippen molar-refractivity contribution in [1.29, 1.82) is 0 Å². The number of benzene rings is 2. The van der Waals surface area contributed by atoms with Gasteiger partial charge in [-0.05, 0) is 29.8 Å². The van der Waals surface area contributed by atoms with Crippen molar-refractivity contribution in [2.45, 2.75) is 6.54 Å². The average Bonchev–Trinajstić information content (AvgIpc) is 2.91. The number of fused-ring (bicyclic) bond motifs is 3. The third-order valence-electron chi connectivity index (χ3n) is 3.83. The molecule has 23 heavy (non-hydrogen) atoms. The van der Waals surface area contributed by atoms with Gasteiger partial charge in [-0.15, -0.1) is 0 Å². The first-order chi connectivity index (χ1) is 11.1. The molecule has 0 bridgehead atoms. The van der Waals surface area contributed by atoms with Crippen LogP contribution in [0.3, 0.4) is 0 Å².